The Bertz CT molecular complexity index is 1260. The zero-order valence-corrected chi connectivity index (χ0v) is 17.8. The van der Waals surface area contributed by atoms with Gasteiger partial charge in [0.15, 0.2) is 0 Å². The van der Waals surface area contributed by atoms with Crippen LogP contribution in [0.3, 0.4) is 0 Å². The highest BCUT2D eigenvalue weighted by atomic mass is 32.1. The second kappa shape index (κ2) is 8.53. The molecule has 0 saturated heterocycles. The Kier molecular flexibility index (Phi) is 5.64. The largest absolute Gasteiger partial charge is 0.480 e. The minimum atomic E-state index is -1.09. The van der Waals surface area contributed by atoms with E-state index >= 15 is 0 Å². The van der Waals surface area contributed by atoms with Gasteiger partial charge in [-0.15, -0.1) is 11.3 Å². The van der Waals surface area contributed by atoms with E-state index in [-0.39, 0.29) is 0 Å². The van der Waals surface area contributed by atoms with Crippen LogP contribution in [-0.4, -0.2) is 33.5 Å². The fourth-order valence-electron chi connectivity index (χ4n) is 3.31. The molecule has 1 amide bonds. The lowest BCUT2D eigenvalue weighted by atomic mass is 10.0. The summed E-state index contributed by atoms with van der Waals surface area (Å²) in [6.45, 7) is 3.72. The standard InChI is InChI=1S/C23H20N4O3S/c1-13-3-5-15(6-4-13)19-14(2)31-23-20(19)21(25-12-26-23)27-17-9-7-16(8-10-17)22(30)24-11-18(28)29/h3-10,12H,11H2,1-2H3,(H,24,30)(H,28,29)(H,25,26,27). The first-order chi connectivity index (χ1) is 14.9. The van der Waals surface area contributed by atoms with Gasteiger partial charge < -0.3 is 15.7 Å². The molecular formula is C23H20N4O3S. The number of carboxylic acids is 1. The predicted octanol–water partition coefficient (Wildman–Crippen LogP) is 4.53. The third-order valence-electron chi connectivity index (χ3n) is 4.81. The number of amides is 1. The number of aliphatic carboxylic acids is 1. The zero-order valence-electron chi connectivity index (χ0n) is 17.0. The Hall–Kier alpha value is -3.78. The first kappa shape index (κ1) is 20.5. The van der Waals surface area contributed by atoms with Crippen molar-refractivity contribution in [2.75, 3.05) is 11.9 Å². The summed E-state index contributed by atoms with van der Waals surface area (Å²) in [5.74, 6) is -0.837. The van der Waals surface area contributed by atoms with E-state index in [9.17, 15) is 9.59 Å². The van der Waals surface area contributed by atoms with E-state index in [1.54, 1.807) is 35.6 Å². The van der Waals surface area contributed by atoms with Gasteiger partial charge in [0, 0.05) is 21.7 Å². The van der Waals surface area contributed by atoms with Gasteiger partial charge in [-0.2, -0.15) is 0 Å². The topological polar surface area (TPSA) is 104 Å². The third kappa shape index (κ3) is 4.39. The number of aromatic nitrogens is 2. The molecule has 2 aromatic carbocycles. The van der Waals surface area contributed by atoms with Gasteiger partial charge >= 0.3 is 5.97 Å². The number of thiophene rings is 1. The molecule has 0 atom stereocenters. The van der Waals surface area contributed by atoms with Gasteiger partial charge in [-0.25, -0.2) is 9.97 Å². The first-order valence-electron chi connectivity index (χ1n) is 9.60. The van der Waals surface area contributed by atoms with Crippen molar-refractivity contribution in [2.24, 2.45) is 0 Å². The summed E-state index contributed by atoms with van der Waals surface area (Å²) in [7, 11) is 0. The number of nitrogens with one attached hydrogen (secondary N) is 2. The fourth-order valence-corrected chi connectivity index (χ4v) is 4.32. The van der Waals surface area contributed by atoms with Gasteiger partial charge in [0.2, 0.25) is 0 Å². The highest BCUT2D eigenvalue weighted by Gasteiger charge is 2.17. The monoisotopic (exact) mass is 432 g/mol. The van der Waals surface area contributed by atoms with E-state index in [2.05, 4.69) is 58.7 Å². The lowest BCUT2D eigenvalue weighted by Gasteiger charge is -2.10. The maximum Gasteiger partial charge on any atom is 0.322 e. The van der Waals surface area contributed by atoms with Gasteiger partial charge in [-0.1, -0.05) is 29.8 Å². The molecule has 0 fully saturated rings. The van der Waals surface area contributed by atoms with Crippen molar-refractivity contribution >= 4 is 44.9 Å². The number of anilines is 2. The van der Waals surface area contributed by atoms with E-state index in [1.807, 2.05) is 0 Å². The number of benzene rings is 2. The van der Waals surface area contributed by atoms with E-state index in [4.69, 9.17) is 5.11 Å². The van der Waals surface area contributed by atoms with Crippen LogP contribution in [0.5, 0.6) is 0 Å². The summed E-state index contributed by atoms with van der Waals surface area (Å²) in [5, 5.41) is 15.3. The minimum Gasteiger partial charge on any atom is -0.480 e. The molecule has 7 nitrogen and oxygen atoms in total. The van der Waals surface area contributed by atoms with Gasteiger partial charge in [0.25, 0.3) is 5.91 Å². The molecule has 0 aliphatic heterocycles. The summed E-state index contributed by atoms with van der Waals surface area (Å²) in [4.78, 5) is 33.6. The molecule has 31 heavy (non-hydrogen) atoms. The number of hydrogen-bond acceptors (Lipinski definition) is 6. The molecule has 4 rings (SSSR count). The molecular weight excluding hydrogens is 412 g/mol. The summed E-state index contributed by atoms with van der Waals surface area (Å²) in [5.41, 5.74) is 4.55. The number of nitrogens with zero attached hydrogens (tertiary/aromatic N) is 2. The number of carboxylic acid groups (broad SMARTS) is 1. The highest BCUT2D eigenvalue weighted by molar-refractivity contribution is 7.19. The predicted molar refractivity (Wildman–Crippen MR) is 122 cm³/mol. The smallest absolute Gasteiger partial charge is 0.322 e. The highest BCUT2D eigenvalue weighted by Crippen LogP contribution is 2.41. The number of carbonyl (C=O) groups excluding carboxylic acids is 1. The van der Waals surface area contributed by atoms with E-state index in [0.29, 0.717) is 11.4 Å². The second-order valence-corrected chi connectivity index (χ2v) is 8.28. The van der Waals surface area contributed by atoms with Crippen molar-refractivity contribution < 1.29 is 14.7 Å². The van der Waals surface area contributed by atoms with E-state index in [0.717, 1.165) is 31.9 Å². The molecule has 0 saturated carbocycles. The van der Waals surface area contributed by atoms with Crippen molar-refractivity contribution in [1.29, 1.82) is 0 Å². The molecule has 0 bridgehead atoms. The lowest BCUT2D eigenvalue weighted by molar-refractivity contribution is -0.135. The van der Waals surface area contributed by atoms with Crippen LogP contribution in [0.2, 0.25) is 0 Å². The minimum absolute atomic E-state index is 0.381. The Balaban J connectivity index is 1.65. The number of hydrogen-bond donors (Lipinski definition) is 3. The molecule has 0 spiro atoms. The van der Waals surface area contributed by atoms with Crippen LogP contribution in [0.1, 0.15) is 20.8 Å². The van der Waals surface area contributed by atoms with Crippen LogP contribution in [-0.2, 0) is 4.79 Å². The van der Waals surface area contributed by atoms with E-state index in [1.165, 1.54) is 11.9 Å². The number of carbonyl (C=O) groups is 2. The normalized spacial score (nSPS) is 10.8. The van der Waals surface area contributed by atoms with Crippen molar-refractivity contribution in [1.82, 2.24) is 15.3 Å². The van der Waals surface area contributed by atoms with Crippen molar-refractivity contribution in [3.05, 3.63) is 70.9 Å². The molecule has 4 aromatic rings. The van der Waals surface area contributed by atoms with Gasteiger partial charge in [0.05, 0.1) is 5.39 Å². The molecule has 0 unspecified atom stereocenters. The lowest BCUT2D eigenvalue weighted by Crippen LogP contribution is -2.29. The molecule has 0 radical (unpaired) electrons. The Morgan fingerprint density at radius 2 is 1.71 bits per heavy atom. The third-order valence-corrected chi connectivity index (χ3v) is 5.83. The molecule has 0 aliphatic carbocycles. The summed E-state index contributed by atoms with van der Waals surface area (Å²) in [6.07, 6.45) is 1.53. The van der Waals surface area contributed by atoms with Crippen LogP contribution in [0.4, 0.5) is 11.5 Å². The van der Waals surface area contributed by atoms with Crippen molar-refractivity contribution in [3.8, 4) is 11.1 Å². The Morgan fingerprint density at radius 3 is 2.39 bits per heavy atom. The molecule has 2 heterocycles. The summed E-state index contributed by atoms with van der Waals surface area (Å²) < 4.78 is 0. The SMILES string of the molecule is Cc1ccc(-c2c(C)sc3ncnc(Nc4ccc(C(=O)NCC(=O)O)cc4)c23)cc1. The van der Waals surface area contributed by atoms with E-state index < -0.39 is 18.4 Å². The van der Waals surface area contributed by atoms with Crippen LogP contribution < -0.4 is 10.6 Å². The average Bonchev–Trinajstić information content (AvgIpc) is 3.10. The van der Waals surface area contributed by atoms with Crippen LogP contribution in [0.15, 0.2) is 54.9 Å². The first-order valence-corrected chi connectivity index (χ1v) is 10.4. The van der Waals surface area contributed by atoms with Crippen LogP contribution >= 0.6 is 11.3 Å². The summed E-state index contributed by atoms with van der Waals surface area (Å²) >= 11 is 1.62. The van der Waals surface area contributed by atoms with Crippen molar-refractivity contribution in [3.63, 3.8) is 0 Å². The molecule has 0 aliphatic rings. The molecule has 8 heteroatoms. The van der Waals surface area contributed by atoms with Crippen LogP contribution in [0, 0.1) is 13.8 Å². The Labute approximate surface area is 182 Å². The van der Waals surface area contributed by atoms with Gasteiger partial charge in [-0.05, 0) is 43.7 Å². The molecule has 3 N–H and O–H groups in total. The average molecular weight is 433 g/mol. The molecule has 2 aromatic heterocycles. The molecule has 156 valence electrons. The fraction of sp³-hybridized carbons (Fsp3) is 0.130. The number of aryl methyl sites for hydroxylation is 2. The maximum absolute atomic E-state index is 12.0. The zero-order chi connectivity index (χ0) is 22.0. The van der Waals surface area contributed by atoms with Crippen LogP contribution in [0.25, 0.3) is 21.3 Å². The van der Waals surface area contributed by atoms with Crippen molar-refractivity contribution in [2.45, 2.75) is 13.8 Å². The summed E-state index contributed by atoms with van der Waals surface area (Å²) in [6, 6.07) is 15.2. The number of fused-ring (bicyclic) bond motifs is 1. The maximum atomic E-state index is 12.0. The second-order valence-electron chi connectivity index (χ2n) is 7.08. The Morgan fingerprint density at radius 1 is 1.00 bits per heavy atom. The quantitative estimate of drug-likeness (QED) is 0.413. The van der Waals surface area contributed by atoms with Gasteiger partial charge in [0.1, 0.15) is 23.5 Å². The number of rotatable bonds is 6. The van der Waals surface area contributed by atoms with Gasteiger partial charge in [-0.3, -0.25) is 9.59 Å².